The molecule has 1 fully saturated rings. The Hall–Kier alpha value is -1.91. The molecule has 0 aromatic heterocycles. The summed E-state index contributed by atoms with van der Waals surface area (Å²) in [7, 11) is 0. The lowest BCUT2D eigenvalue weighted by Crippen LogP contribution is -2.46. The Bertz CT molecular complexity index is 536. The Kier molecular flexibility index (Phi) is 6.13. The fraction of sp³-hybridized carbons (Fsp3) is 0.556. The third-order valence-electron chi connectivity index (χ3n) is 4.64. The van der Waals surface area contributed by atoms with Crippen LogP contribution < -0.4 is 5.32 Å². The van der Waals surface area contributed by atoms with Crippen molar-refractivity contribution in [2.24, 2.45) is 0 Å². The first-order valence-electron chi connectivity index (χ1n) is 8.31. The van der Waals surface area contributed by atoms with Crippen LogP contribution in [0.25, 0.3) is 0 Å². The molecule has 1 aliphatic rings. The van der Waals surface area contributed by atoms with Crippen LogP contribution in [0.5, 0.6) is 0 Å². The van der Waals surface area contributed by atoms with Gasteiger partial charge in [-0.05, 0) is 43.4 Å². The van der Waals surface area contributed by atoms with Gasteiger partial charge in [-0.25, -0.2) is 4.39 Å². The van der Waals surface area contributed by atoms with E-state index in [-0.39, 0.29) is 18.1 Å². The molecule has 1 amide bonds. The zero-order valence-corrected chi connectivity index (χ0v) is 13.3. The van der Waals surface area contributed by atoms with Gasteiger partial charge in [0.25, 0.3) is 0 Å². The van der Waals surface area contributed by atoms with E-state index < -0.39 is 11.4 Å². The molecular formula is C18H24FNO3. The van der Waals surface area contributed by atoms with Crippen molar-refractivity contribution in [1.82, 2.24) is 5.32 Å². The van der Waals surface area contributed by atoms with Gasteiger partial charge in [0, 0.05) is 13.0 Å². The van der Waals surface area contributed by atoms with Crippen LogP contribution in [0.1, 0.15) is 56.9 Å². The highest BCUT2D eigenvalue weighted by molar-refractivity contribution is 5.88. The van der Waals surface area contributed by atoms with Crippen molar-refractivity contribution in [3.63, 3.8) is 0 Å². The van der Waals surface area contributed by atoms with Gasteiger partial charge in [0.15, 0.2) is 0 Å². The van der Waals surface area contributed by atoms with E-state index in [4.69, 9.17) is 5.11 Å². The molecule has 2 rings (SSSR count). The molecule has 23 heavy (non-hydrogen) atoms. The maximum Gasteiger partial charge on any atom is 0.303 e. The predicted molar refractivity (Wildman–Crippen MR) is 85.7 cm³/mol. The van der Waals surface area contributed by atoms with Crippen LogP contribution in [0, 0.1) is 5.82 Å². The van der Waals surface area contributed by atoms with Gasteiger partial charge in [0.2, 0.25) is 5.91 Å². The molecule has 1 aliphatic carbocycles. The van der Waals surface area contributed by atoms with Gasteiger partial charge in [-0.2, -0.15) is 0 Å². The monoisotopic (exact) mass is 321 g/mol. The maximum atomic E-state index is 13.2. The quantitative estimate of drug-likeness (QED) is 0.756. The molecular weight excluding hydrogens is 297 g/mol. The molecule has 0 bridgehead atoms. The number of halogens is 1. The summed E-state index contributed by atoms with van der Waals surface area (Å²) < 4.78 is 13.2. The minimum Gasteiger partial charge on any atom is -0.481 e. The van der Waals surface area contributed by atoms with Gasteiger partial charge in [-0.15, -0.1) is 0 Å². The number of hydrogen-bond acceptors (Lipinski definition) is 2. The van der Waals surface area contributed by atoms with Crippen LogP contribution in [0.2, 0.25) is 0 Å². The molecule has 126 valence electrons. The summed E-state index contributed by atoms with van der Waals surface area (Å²) in [5.41, 5.74) is 0.306. The van der Waals surface area contributed by atoms with Crippen molar-refractivity contribution in [2.75, 3.05) is 6.54 Å². The molecule has 1 saturated carbocycles. The third-order valence-corrected chi connectivity index (χ3v) is 4.64. The van der Waals surface area contributed by atoms with E-state index in [0.29, 0.717) is 19.4 Å². The van der Waals surface area contributed by atoms with E-state index in [1.165, 1.54) is 12.1 Å². The van der Waals surface area contributed by atoms with E-state index in [2.05, 4.69) is 5.32 Å². The molecule has 4 nitrogen and oxygen atoms in total. The van der Waals surface area contributed by atoms with Crippen molar-refractivity contribution >= 4 is 11.9 Å². The van der Waals surface area contributed by atoms with E-state index in [9.17, 15) is 14.0 Å². The van der Waals surface area contributed by atoms with Crippen molar-refractivity contribution in [3.8, 4) is 0 Å². The fourth-order valence-electron chi connectivity index (χ4n) is 3.34. The average Bonchev–Trinajstić information content (AvgIpc) is 2.55. The predicted octanol–water partition coefficient (Wildman–Crippen LogP) is 3.40. The number of carboxylic acid groups (broad SMARTS) is 1. The van der Waals surface area contributed by atoms with Crippen molar-refractivity contribution in [1.29, 1.82) is 0 Å². The molecule has 5 heteroatoms. The SMILES string of the molecule is O=C(O)CCCCNC(=O)C1(c2ccc(F)cc2)CCCCC1. The number of unbranched alkanes of at least 4 members (excludes halogenated alkanes) is 1. The molecule has 2 N–H and O–H groups in total. The van der Waals surface area contributed by atoms with Crippen molar-refractivity contribution in [3.05, 3.63) is 35.6 Å². The molecule has 0 radical (unpaired) electrons. The first kappa shape index (κ1) is 17.4. The fourth-order valence-corrected chi connectivity index (χ4v) is 3.34. The molecule has 1 aromatic carbocycles. The topological polar surface area (TPSA) is 66.4 Å². The van der Waals surface area contributed by atoms with Gasteiger partial charge in [0.05, 0.1) is 5.41 Å². The molecule has 0 heterocycles. The van der Waals surface area contributed by atoms with Crippen LogP contribution >= 0.6 is 0 Å². The van der Waals surface area contributed by atoms with E-state index in [1.54, 1.807) is 12.1 Å². The Balaban J connectivity index is 2.01. The number of nitrogens with one attached hydrogen (secondary N) is 1. The standard InChI is InChI=1S/C18H24FNO3/c19-15-9-7-14(8-10-15)18(11-3-1-4-12-18)17(23)20-13-5-2-6-16(21)22/h7-10H,1-6,11-13H2,(H,20,23)(H,21,22). The molecule has 0 aliphatic heterocycles. The molecule has 0 spiro atoms. The smallest absolute Gasteiger partial charge is 0.303 e. The highest BCUT2D eigenvalue weighted by atomic mass is 19.1. The van der Waals surface area contributed by atoms with Crippen LogP contribution in [0.3, 0.4) is 0 Å². The highest BCUT2D eigenvalue weighted by Gasteiger charge is 2.40. The Morgan fingerprint density at radius 2 is 1.74 bits per heavy atom. The summed E-state index contributed by atoms with van der Waals surface area (Å²) in [5, 5.41) is 11.6. The molecule has 0 saturated heterocycles. The van der Waals surface area contributed by atoms with Gasteiger partial charge >= 0.3 is 5.97 Å². The lowest BCUT2D eigenvalue weighted by molar-refractivity contribution is -0.137. The van der Waals surface area contributed by atoms with E-state index in [1.807, 2.05) is 0 Å². The zero-order valence-electron chi connectivity index (χ0n) is 13.3. The molecule has 0 unspecified atom stereocenters. The third kappa shape index (κ3) is 4.53. The Morgan fingerprint density at radius 3 is 2.35 bits per heavy atom. The van der Waals surface area contributed by atoms with Gasteiger partial charge in [0.1, 0.15) is 5.82 Å². The summed E-state index contributed by atoms with van der Waals surface area (Å²) in [6.07, 6.45) is 5.98. The maximum absolute atomic E-state index is 13.2. The number of carboxylic acids is 1. The highest BCUT2D eigenvalue weighted by Crippen LogP contribution is 2.39. The minimum absolute atomic E-state index is 0.0147. The molecule has 0 atom stereocenters. The average molecular weight is 321 g/mol. The Labute approximate surface area is 136 Å². The second-order valence-electron chi connectivity index (χ2n) is 6.26. The number of carbonyl (C=O) groups is 2. The van der Waals surface area contributed by atoms with Gasteiger partial charge in [-0.3, -0.25) is 9.59 Å². The van der Waals surface area contributed by atoms with Crippen LogP contribution in [0.15, 0.2) is 24.3 Å². The zero-order chi connectivity index (χ0) is 16.7. The lowest BCUT2D eigenvalue weighted by atomic mass is 9.68. The van der Waals surface area contributed by atoms with Gasteiger partial charge < -0.3 is 10.4 Å². The number of carbonyl (C=O) groups excluding carboxylic acids is 1. The summed E-state index contributed by atoms with van der Waals surface area (Å²) in [5.74, 6) is -1.13. The Morgan fingerprint density at radius 1 is 1.09 bits per heavy atom. The van der Waals surface area contributed by atoms with Crippen molar-refractivity contribution < 1.29 is 19.1 Å². The van der Waals surface area contributed by atoms with Crippen molar-refractivity contribution in [2.45, 2.75) is 56.8 Å². The van der Waals surface area contributed by atoms with Crippen LogP contribution in [-0.4, -0.2) is 23.5 Å². The summed E-state index contributed by atoms with van der Waals surface area (Å²) in [6.45, 7) is 0.481. The number of aliphatic carboxylic acids is 1. The number of benzene rings is 1. The van der Waals surface area contributed by atoms with Gasteiger partial charge in [-0.1, -0.05) is 31.4 Å². The van der Waals surface area contributed by atoms with E-state index >= 15 is 0 Å². The van der Waals surface area contributed by atoms with Crippen LogP contribution in [-0.2, 0) is 15.0 Å². The first-order valence-corrected chi connectivity index (χ1v) is 8.31. The summed E-state index contributed by atoms with van der Waals surface area (Å²) >= 11 is 0. The number of hydrogen-bond donors (Lipinski definition) is 2. The first-order chi connectivity index (χ1) is 11.0. The lowest BCUT2D eigenvalue weighted by Gasteiger charge is -2.36. The molecule has 1 aromatic rings. The summed E-state index contributed by atoms with van der Waals surface area (Å²) in [6, 6.07) is 6.24. The normalized spacial score (nSPS) is 16.7. The summed E-state index contributed by atoms with van der Waals surface area (Å²) in [4.78, 5) is 23.3. The van der Waals surface area contributed by atoms with E-state index in [0.717, 1.165) is 37.7 Å². The second kappa shape index (κ2) is 8.09. The number of amides is 1. The second-order valence-corrected chi connectivity index (χ2v) is 6.26. The minimum atomic E-state index is -0.814. The number of rotatable bonds is 7. The largest absolute Gasteiger partial charge is 0.481 e. The van der Waals surface area contributed by atoms with Crippen LogP contribution in [0.4, 0.5) is 4.39 Å².